The molecule has 1 aromatic heterocycles. The van der Waals surface area contributed by atoms with Gasteiger partial charge in [0.25, 0.3) is 5.91 Å². The molecule has 0 saturated heterocycles. The van der Waals surface area contributed by atoms with Crippen LogP contribution in [0.3, 0.4) is 0 Å². The van der Waals surface area contributed by atoms with E-state index in [4.69, 9.17) is 9.84 Å². The largest absolute Gasteiger partial charge is 0.496 e. The number of hydrogen-bond donors (Lipinski definition) is 2. The fourth-order valence-electron chi connectivity index (χ4n) is 2.12. The molecule has 0 fully saturated rings. The topological polar surface area (TPSA) is 75.6 Å². The quantitative estimate of drug-likeness (QED) is 0.858. The maximum absolute atomic E-state index is 12.5. The lowest BCUT2D eigenvalue weighted by Crippen LogP contribution is -2.30. The summed E-state index contributed by atoms with van der Waals surface area (Å²) in [5.41, 5.74) is 1.33. The van der Waals surface area contributed by atoms with E-state index in [1.807, 2.05) is 30.5 Å². The summed E-state index contributed by atoms with van der Waals surface area (Å²) in [5.74, 6) is -0.849. The van der Waals surface area contributed by atoms with Gasteiger partial charge in [-0.15, -0.1) is 11.3 Å². The van der Waals surface area contributed by atoms with Gasteiger partial charge in [-0.25, -0.2) is 0 Å². The zero-order valence-corrected chi connectivity index (χ0v) is 13.1. The molecule has 1 heterocycles. The summed E-state index contributed by atoms with van der Waals surface area (Å²) >= 11 is 1.41. The molecule has 0 bridgehead atoms. The number of carboxylic acid groups (broad SMARTS) is 1. The Morgan fingerprint density at radius 2 is 2.14 bits per heavy atom. The van der Waals surface area contributed by atoms with Crippen LogP contribution in [0.25, 0.3) is 0 Å². The number of rotatable bonds is 6. The number of aryl methyl sites for hydroxylation is 1. The zero-order valence-electron chi connectivity index (χ0n) is 12.3. The molecule has 22 heavy (non-hydrogen) atoms. The molecule has 1 amide bonds. The Kier molecular flexibility index (Phi) is 5.16. The van der Waals surface area contributed by atoms with Crippen molar-refractivity contribution in [2.24, 2.45) is 0 Å². The number of carboxylic acids is 1. The number of carbonyl (C=O) groups excluding carboxylic acids is 1. The molecule has 1 unspecified atom stereocenters. The zero-order chi connectivity index (χ0) is 16.1. The van der Waals surface area contributed by atoms with E-state index in [1.165, 1.54) is 18.4 Å². The van der Waals surface area contributed by atoms with Gasteiger partial charge in [0.1, 0.15) is 5.75 Å². The number of carbonyl (C=O) groups is 2. The van der Waals surface area contributed by atoms with Gasteiger partial charge in [0.05, 0.1) is 25.1 Å². The van der Waals surface area contributed by atoms with Gasteiger partial charge in [-0.1, -0.05) is 17.7 Å². The minimum atomic E-state index is -0.963. The van der Waals surface area contributed by atoms with Crippen molar-refractivity contribution in [3.63, 3.8) is 0 Å². The predicted molar refractivity (Wildman–Crippen MR) is 84.5 cm³/mol. The maximum atomic E-state index is 12.5. The Hall–Kier alpha value is -2.34. The van der Waals surface area contributed by atoms with Gasteiger partial charge >= 0.3 is 5.97 Å². The predicted octanol–water partition coefficient (Wildman–Crippen LogP) is 3.01. The Bertz CT molecular complexity index is 667. The molecule has 0 aliphatic heterocycles. The van der Waals surface area contributed by atoms with E-state index in [9.17, 15) is 9.59 Å². The molecule has 2 rings (SSSR count). The molecule has 2 aromatic rings. The number of benzene rings is 1. The highest BCUT2D eigenvalue weighted by Gasteiger charge is 2.21. The maximum Gasteiger partial charge on any atom is 0.305 e. The lowest BCUT2D eigenvalue weighted by Gasteiger charge is -2.17. The lowest BCUT2D eigenvalue weighted by molar-refractivity contribution is -0.137. The smallest absolute Gasteiger partial charge is 0.305 e. The van der Waals surface area contributed by atoms with Crippen LogP contribution >= 0.6 is 11.3 Å². The van der Waals surface area contributed by atoms with E-state index in [2.05, 4.69) is 5.32 Å². The average Bonchev–Trinajstić information content (AvgIpc) is 3.00. The van der Waals surface area contributed by atoms with Crippen LogP contribution in [0.15, 0.2) is 35.7 Å². The van der Waals surface area contributed by atoms with Crippen molar-refractivity contribution in [2.75, 3.05) is 7.11 Å². The number of nitrogens with one attached hydrogen (secondary N) is 1. The minimum absolute atomic E-state index is 0.166. The summed E-state index contributed by atoms with van der Waals surface area (Å²) in [6.07, 6.45) is -0.166. The van der Waals surface area contributed by atoms with Crippen molar-refractivity contribution in [1.29, 1.82) is 0 Å². The molecular formula is C16H17NO4S. The van der Waals surface area contributed by atoms with Crippen molar-refractivity contribution in [1.82, 2.24) is 5.32 Å². The molecule has 2 N–H and O–H groups in total. The fourth-order valence-corrected chi connectivity index (χ4v) is 2.90. The molecule has 0 aliphatic carbocycles. The Morgan fingerprint density at radius 3 is 2.73 bits per heavy atom. The molecule has 1 aromatic carbocycles. The third-order valence-corrected chi connectivity index (χ3v) is 4.16. The standard InChI is InChI=1S/C16H17NO4S/c1-10-5-6-13(21-2)11(8-10)16(20)17-12(9-15(18)19)14-4-3-7-22-14/h3-8,12H,9H2,1-2H3,(H,17,20)(H,18,19). The fraction of sp³-hybridized carbons (Fsp3) is 0.250. The van der Waals surface area contributed by atoms with Crippen LogP contribution in [0, 0.1) is 6.92 Å². The number of aliphatic carboxylic acids is 1. The van der Waals surface area contributed by atoms with E-state index in [1.54, 1.807) is 12.1 Å². The molecule has 1 atom stereocenters. The minimum Gasteiger partial charge on any atom is -0.496 e. The number of hydrogen-bond acceptors (Lipinski definition) is 4. The van der Waals surface area contributed by atoms with Gasteiger partial charge in [-0.05, 0) is 30.5 Å². The van der Waals surface area contributed by atoms with Crippen LogP contribution in [-0.4, -0.2) is 24.1 Å². The van der Waals surface area contributed by atoms with Crippen LogP contribution in [0.2, 0.25) is 0 Å². The van der Waals surface area contributed by atoms with E-state index < -0.39 is 12.0 Å². The number of methoxy groups -OCH3 is 1. The normalized spacial score (nSPS) is 11.7. The molecule has 0 saturated carbocycles. The Morgan fingerprint density at radius 1 is 1.36 bits per heavy atom. The van der Waals surface area contributed by atoms with Gasteiger partial charge in [-0.2, -0.15) is 0 Å². The first-order valence-electron chi connectivity index (χ1n) is 6.72. The van der Waals surface area contributed by atoms with Crippen molar-refractivity contribution in [2.45, 2.75) is 19.4 Å². The van der Waals surface area contributed by atoms with Crippen LogP contribution < -0.4 is 10.1 Å². The molecule has 0 radical (unpaired) electrons. The molecule has 116 valence electrons. The second kappa shape index (κ2) is 7.09. The summed E-state index contributed by atoms with van der Waals surface area (Å²) in [4.78, 5) is 24.3. The van der Waals surface area contributed by atoms with Gasteiger partial charge in [0.2, 0.25) is 0 Å². The van der Waals surface area contributed by atoms with Crippen LogP contribution in [0.1, 0.15) is 33.3 Å². The van der Waals surface area contributed by atoms with Crippen molar-refractivity contribution in [3.8, 4) is 5.75 Å². The number of amides is 1. The van der Waals surface area contributed by atoms with Gasteiger partial charge in [0, 0.05) is 4.88 Å². The van der Waals surface area contributed by atoms with Crippen molar-refractivity contribution >= 4 is 23.2 Å². The highest BCUT2D eigenvalue weighted by Crippen LogP contribution is 2.25. The highest BCUT2D eigenvalue weighted by molar-refractivity contribution is 7.10. The molecule has 0 aliphatic rings. The van der Waals surface area contributed by atoms with Gasteiger partial charge < -0.3 is 15.2 Å². The van der Waals surface area contributed by atoms with Crippen LogP contribution in [-0.2, 0) is 4.79 Å². The summed E-state index contributed by atoms with van der Waals surface area (Å²) in [5, 5.41) is 13.7. The first-order chi connectivity index (χ1) is 10.5. The summed E-state index contributed by atoms with van der Waals surface area (Å²) in [7, 11) is 1.50. The molecular weight excluding hydrogens is 302 g/mol. The van der Waals surface area contributed by atoms with Gasteiger partial charge in [0.15, 0.2) is 0 Å². The third kappa shape index (κ3) is 3.85. The van der Waals surface area contributed by atoms with E-state index in [0.29, 0.717) is 11.3 Å². The van der Waals surface area contributed by atoms with Crippen molar-refractivity contribution < 1.29 is 19.4 Å². The summed E-state index contributed by atoms with van der Waals surface area (Å²) in [6.45, 7) is 1.88. The molecule has 5 nitrogen and oxygen atoms in total. The highest BCUT2D eigenvalue weighted by atomic mass is 32.1. The monoisotopic (exact) mass is 319 g/mol. The average molecular weight is 319 g/mol. The first kappa shape index (κ1) is 16.0. The van der Waals surface area contributed by atoms with Gasteiger partial charge in [-0.3, -0.25) is 9.59 Å². The number of thiophene rings is 1. The van der Waals surface area contributed by atoms with Crippen LogP contribution in [0.5, 0.6) is 5.75 Å². The molecule has 0 spiro atoms. The second-order valence-corrected chi connectivity index (χ2v) is 5.82. The summed E-state index contributed by atoms with van der Waals surface area (Å²) < 4.78 is 5.20. The SMILES string of the molecule is COc1ccc(C)cc1C(=O)NC(CC(=O)O)c1cccs1. The first-order valence-corrected chi connectivity index (χ1v) is 7.60. The van der Waals surface area contributed by atoms with Crippen LogP contribution in [0.4, 0.5) is 0 Å². The van der Waals surface area contributed by atoms with E-state index >= 15 is 0 Å². The summed E-state index contributed by atoms with van der Waals surface area (Å²) in [6, 6.07) is 8.38. The second-order valence-electron chi connectivity index (χ2n) is 4.84. The van der Waals surface area contributed by atoms with Crippen molar-refractivity contribution in [3.05, 3.63) is 51.7 Å². The number of ether oxygens (including phenoxy) is 1. The Balaban J connectivity index is 2.24. The lowest BCUT2D eigenvalue weighted by atomic mass is 10.1. The third-order valence-electron chi connectivity index (χ3n) is 3.17. The van der Waals surface area contributed by atoms with E-state index in [0.717, 1.165) is 10.4 Å². The van der Waals surface area contributed by atoms with E-state index in [-0.39, 0.29) is 12.3 Å². The Labute approximate surface area is 132 Å². The molecule has 6 heteroatoms.